The summed E-state index contributed by atoms with van der Waals surface area (Å²) in [5.41, 5.74) is 1.34. The Morgan fingerprint density at radius 1 is 1.36 bits per heavy atom. The second-order valence-electron chi connectivity index (χ2n) is 6.11. The summed E-state index contributed by atoms with van der Waals surface area (Å²) in [6.45, 7) is 4.89. The molecule has 1 aromatic heterocycles. The SMILES string of the molecule is COc1cc2oc(=O)c(CCC(=O)N3CCNCC3)c(C)c2cc1Cl. The molecule has 1 fully saturated rings. The highest BCUT2D eigenvalue weighted by Crippen LogP contribution is 2.31. The van der Waals surface area contributed by atoms with Crippen molar-refractivity contribution in [3.8, 4) is 5.75 Å². The van der Waals surface area contributed by atoms with Gasteiger partial charge in [0.15, 0.2) is 0 Å². The molecule has 25 heavy (non-hydrogen) atoms. The Morgan fingerprint density at radius 2 is 2.08 bits per heavy atom. The van der Waals surface area contributed by atoms with E-state index in [-0.39, 0.29) is 5.91 Å². The lowest BCUT2D eigenvalue weighted by Crippen LogP contribution is -2.46. The lowest BCUT2D eigenvalue weighted by atomic mass is 10.0. The summed E-state index contributed by atoms with van der Waals surface area (Å²) in [6, 6.07) is 3.34. The number of hydrogen-bond donors (Lipinski definition) is 1. The number of carbonyl (C=O) groups excluding carboxylic acids is 1. The number of carbonyl (C=O) groups is 1. The molecule has 7 heteroatoms. The fraction of sp³-hybridized carbons (Fsp3) is 0.444. The van der Waals surface area contributed by atoms with E-state index in [1.54, 1.807) is 12.1 Å². The molecule has 0 spiro atoms. The molecule has 0 saturated carbocycles. The van der Waals surface area contributed by atoms with Gasteiger partial charge in [-0.1, -0.05) is 11.6 Å². The van der Waals surface area contributed by atoms with Crippen molar-refractivity contribution in [1.29, 1.82) is 0 Å². The van der Waals surface area contributed by atoms with Gasteiger partial charge in [-0.3, -0.25) is 4.79 Å². The number of rotatable bonds is 4. The first-order chi connectivity index (χ1) is 12.0. The average Bonchev–Trinajstić information content (AvgIpc) is 2.62. The third kappa shape index (κ3) is 3.65. The molecule has 1 aromatic carbocycles. The highest BCUT2D eigenvalue weighted by Gasteiger charge is 2.19. The Balaban J connectivity index is 1.86. The van der Waals surface area contributed by atoms with E-state index >= 15 is 0 Å². The van der Waals surface area contributed by atoms with Gasteiger partial charge in [0.1, 0.15) is 11.3 Å². The fourth-order valence-electron chi connectivity index (χ4n) is 3.14. The lowest BCUT2D eigenvalue weighted by Gasteiger charge is -2.27. The van der Waals surface area contributed by atoms with Crippen LogP contribution in [-0.4, -0.2) is 44.1 Å². The van der Waals surface area contributed by atoms with Crippen molar-refractivity contribution >= 4 is 28.5 Å². The maximum atomic E-state index is 12.4. The molecular weight excluding hydrogens is 344 g/mol. The summed E-state index contributed by atoms with van der Waals surface area (Å²) in [7, 11) is 1.51. The van der Waals surface area contributed by atoms with Crippen LogP contribution in [0.2, 0.25) is 5.02 Å². The van der Waals surface area contributed by atoms with Gasteiger partial charge in [-0.25, -0.2) is 4.79 Å². The first-order valence-electron chi connectivity index (χ1n) is 8.29. The van der Waals surface area contributed by atoms with Crippen LogP contribution in [-0.2, 0) is 11.2 Å². The Labute approximate surface area is 150 Å². The van der Waals surface area contributed by atoms with Crippen molar-refractivity contribution in [1.82, 2.24) is 10.2 Å². The van der Waals surface area contributed by atoms with Crippen LogP contribution in [0, 0.1) is 6.92 Å². The van der Waals surface area contributed by atoms with Gasteiger partial charge in [0.25, 0.3) is 0 Å². The number of benzene rings is 1. The predicted octanol–water partition coefficient (Wildman–Crippen LogP) is 2.13. The molecule has 134 valence electrons. The van der Waals surface area contributed by atoms with Gasteiger partial charge >= 0.3 is 5.63 Å². The maximum absolute atomic E-state index is 12.4. The number of amides is 1. The van der Waals surface area contributed by atoms with Crippen LogP contribution in [0.25, 0.3) is 11.0 Å². The van der Waals surface area contributed by atoms with E-state index in [1.807, 2.05) is 11.8 Å². The van der Waals surface area contributed by atoms with Crippen molar-refractivity contribution in [3.05, 3.63) is 38.7 Å². The molecule has 2 aromatic rings. The molecule has 0 bridgehead atoms. The van der Waals surface area contributed by atoms with Crippen LogP contribution in [0.5, 0.6) is 5.75 Å². The normalized spacial score (nSPS) is 14.8. The summed E-state index contributed by atoms with van der Waals surface area (Å²) in [5, 5.41) is 4.43. The van der Waals surface area contributed by atoms with Crippen molar-refractivity contribution in [3.63, 3.8) is 0 Å². The van der Waals surface area contributed by atoms with E-state index in [0.717, 1.165) is 24.0 Å². The van der Waals surface area contributed by atoms with Crippen LogP contribution in [0.1, 0.15) is 17.5 Å². The Hall–Kier alpha value is -2.05. The molecule has 0 aliphatic carbocycles. The number of ether oxygens (including phenoxy) is 1. The van der Waals surface area contributed by atoms with Crippen LogP contribution in [0.4, 0.5) is 0 Å². The smallest absolute Gasteiger partial charge is 0.339 e. The number of nitrogens with one attached hydrogen (secondary N) is 1. The monoisotopic (exact) mass is 364 g/mol. The number of halogens is 1. The predicted molar refractivity (Wildman–Crippen MR) is 96.6 cm³/mol. The molecule has 1 amide bonds. The van der Waals surface area contributed by atoms with Crippen molar-refractivity contribution in [2.24, 2.45) is 0 Å². The lowest BCUT2D eigenvalue weighted by molar-refractivity contribution is -0.131. The summed E-state index contributed by atoms with van der Waals surface area (Å²) < 4.78 is 10.6. The van der Waals surface area contributed by atoms with Gasteiger partial charge in [-0.2, -0.15) is 0 Å². The van der Waals surface area contributed by atoms with Crippen LogP contribution in [0.3, 0.4) is 0 Å². The molecule has 1 saturated heterocycles. The molecule has 1 aliphatic heterocycles. The van der Waals surface area contributed by atoms with E-state index in [9.17, 15) is 9.59 Å². The first kappa shape index (κ1) is 17.8. The van der Waals surface area contributed by atoms with E-state index in [4.69, 9.17) is 20.8 Å². The number of hydrogen-bond acceptors (Lipinski definition) is 5. The quantitative estimate of drug-likeness (QED) is 0.841. The number of methoxy groups -OCH3 is 1. The number of fused-ring (bicyclic) bond motifs is 1. The minimum absolute atomic E-state index is 0.0631. The second kappa shape index (κ2) is 7.45. The third-order valence-corrected chi connectivity index (χ3v) is 4.91. The molecule has 3 rings (SSSR count). The Kier molecular flexibility index (Phi) is 5.30. The summed E-state index contributed by atoms with van der Waals surface area (Å²) >= 11 is 6.19. The minimum atomic E-state index is -0.414. The van der Waals surface area contributed by atoms with Gasteiger partial charge in [0.05, 0.1) is 12.1 Å². The second-order valence-corrected chi connectivity index (χ2v) is 6.51. The molecule has 1 aliphatic rings. The van der Waals surface area contributed by atoms with Gasteiger partial charge in [-0.15, -0.1) is 0 Å². The standard InChI is InChI=1S/C18H21ClN2O4/c1-11-12(3-4-17(22)21-7-5-20-6-8-21)18(23)25-15-10-16(24-2)14(19)9-13(11)15/h9-10,20H,3-8H2,1-2H3. The number of nitrogens with zero attached hydrogens (tertiary/aromatic N) is 1. The van der Waals surface area contributed by atoms with E-state index in [1.165, 1.54) is 7.11 Å². The molecule has 0 unspecified atom stereocenters. The van der Waals surface area contributed by atoms with E-state index in [2.05, 4.69) is 5.32 Å². The maximum Gasteiger partial charge on any atom is 0.339 e. The van der Waals surface area contributed by atoms with E-state index in [0.29, 0.717) is 47.8 Å². The topological polar surface area (TPSA) is 71.8 Å². The molecule has 2 heterocycles. The van der Waals surface area contributed by atoms with Crippen LogP contribution in [0.15, 0.2) is 21.3 Å². The molecular formula is C18H21ClN2O4. The summed E-state index contributed by atoms with van der Waals surface area (Å²) in [6.07, 6.45) is 0.650. The van der Waals surface area contributed by atoms with Gasteiger partial charge in [-0.05, 0) is 25.0 Å². The van der Waals surface area contributed by atoms with Crippen molar-refractivity contribution < 1.29 is 13.9 Å². The zero-order chi connectivity index (χ0) is 18.0. The van der Waals surface area contributed by atoms with Gasteiger partial charge < -0.3 is 19.4 Å². The van der Waals surface area contributed by atoms with Gasteiger partial charge in [0.2, 0.25) is 5.91 Å². The van der Waals surface area contributed by atoms with Crippen molar-refractivity contribution in [2.45, 2.75) is 19.8 Å². The number of aryl methyl sites for hydroxylation is 1. The van der Waals surface area contributed by atoms with Crippen LogP contribution < -0.4 is 15.7 Å². The number of piperazine rings is 1. The molecule has 0 radical (unpaired) electrons. The summed E-state index contributed by atoms with van der Waals surface area (Å²) in [4.78, 5) is 26.5. The van der Waals surface area contributed by atoms with Gasteiger partial charge in [0, 0.05) is 49.6 Å². The first-order valence-corrected chi connectivity index (χ1v) is 8.67. The van der Waals surface area contributed by atoms with E-state index < -0.39 is 5.63 Å². The highest BCUT2D eigenvalue weighted by atomic mass is 35.5. The minimum Gasteiger partial charge on any atom is -0.495 e. The Morgan fingerprint density at radius 3 is 2.76 bits per heavy atom. The highest BCUT2D eigenvalue weighted by molar-refractivity contribution is 6.32. The summed E-state index contributed by atoms with van der Waals surface area (Å²) in [5.74, 6) is 0.520. The fourth-order valence-corrected chi connectivity index (χ4v) is 3.38. The Bertz CT molecular complexity index is 856. The van der Waals surface area contributed by atoms with Crippen molar-refractivity contribution in [2.75, 3.05) is 33.3 Å². The largest absolute Gasteiger partial charge is 0.495 e. The van der Waals surface area contributed by atoms with Crippen LogP contribution >= 0.6 is 11.6 Å². The molecule has 1 N–H and O–H groups in total. The third-order valence-electron chi connectivity index (χ3n) is 4.62. The molecule has 0 atom stereocenters. The zero-order valence-electron chi connectivity index (χ0n) is 14.4. The zero-order valence-corrected chi connectivity index (χ0v) is 15.1. The molecule has 6 nitrogen and oxygen atoms in total. The average molecular weight is 365 g/mol.